The number of carbonyl (C=O) groups is 2. The van der Waals surface area contributed by atoms with Crippen LogP contribution in [-0.4, -0.2) is 39.5 Å². The van der Waals surface area contributed by atoms with Gasteiger partial charge in [-0.05, 0) is 48.9 Å². The van der Waals surface area contributed by atoms with Crippen LogP contribution in [0.25, 0.3) is 6.08 Å². The molecule has 0 aliphatic carbocycles. The maximum atomic E-state index is 12.1. The van der Waals surface area contributed by atoms with Crippen molar-refractivity contribution in [2.45, 2.75) is 13.0 Å². The molecule has 0 fully saturated rings. The lowest BCUT2D eigenvalue weighted by Crippen LogP contribution is -2.30. The van der Waals surface area contributed by atoms with E-state index < -0.39 is 18.5 Å². The molecule has 1 atom stereocenters. The summed E-state index contributed by atoms with van der Waals surface area (Å²) in [4.78, 5) is 24.1. The monoisotopic (exact) mass is 413 g/mol. The van der Waals surface area contributed by atoms with E-state index in [0.29, 0.717) is 28.6 Å². The number of nitrogens with one attached hydrogen (secondary N) is 1. The fourth-order valence-electron chi connectivity index (χ4n) is 2.86. The van der Waals surface area contributed by atoms with Crippen LogP contribution >= 0.6 is 0 Å². The van der Waals surface area contributed by atoms with E-state index in [-0.39, 0.29) is 12.8 Å². The minimum Gasteiger partial charge on any atom is -0.497 e. The van der Waals surface area contributed by atoms with Gasteiger partial charge in [-0.1, -0.05) is 6.07 Å². The number of esters is 1. The number of ether oxygens (including phenoxy) is 5. The van der Waals surface area contributed by atoms with Gasteiger partial charge in [0.2, 0.25) is 6.79 Å². The zero-order valence-electron chi connectivity index (χ0n) is 17.0. The maximum absolute atomic E-state index is 12.1. The summed E-state index contributed by atoms with van der Waals surface area (Å²) in [5.41, 5.74) is 1.50. The molecule has 1 N–H and O–H groups in total. The summed E-state index contributed by atoms with van der Waals surface area (Å²) in [6, 6.07) is 10.4. The predicted molar refractivity (Wildman–Crippen MR) is 109 cm³/mol. The van der Waals surface area contributed by atoms with Crippen LogP contribution in [0.15, 0.2) is 42.5 Å². The molecular formula is C22H23NO7. The average Bonchev–Trinajstić information content (AvgIpc) is 3.23. The number of carbonyl (C=O) groups excluding carboxylic acids is 2. The SMILES string of the molecule is COc1ccc(OC)c(/C=C/C(=O)OCC(=O)N[C@@H](C)c2ccc3c(c2)OCO3)c1. The fraction of sp³-hybridized carbons (Fsp3) is 0.273. The second-order valence-electron chi connectivity index (χ2n) is 6.45. The maximum Gasteiger partial charge on any atom is 0.331 e. The summed E-state index contributed by atoms with van der Waals surface area (Å²) < 4.78 is 26.0. The Morgan fingerprint density at radius 2 is 1.90 bits per heavy atom. The number of rotatable bonds is 8. The highest BCUT2D eigenvalue weighted by atomic mass is 16.7. The minimum atomic E-state index is -0.647. The molecule has 0 saturated carbocycles. The smallest absolute Gasteiger partial charge is 0.331 e. The van der Waals surface area contributed by atoms with E-state index >= 15 is 0 Å². The fourth-order valence-corrected chi connectivity index (χ4v) is 2.86. The number of methoxy groups -OCH3 is 2. The molecule has 0 bridgehead atoms. The van der Waals surface area contributed by atoms with E-state index in [2.05, 4.69) is 5.32 Å². The van der Waals surface area contributed by atoms with Crippen molar-refractivity contribution in [1.29, 1.82) is 0 Å². The molecule has 0 unspecified atom stereocenters. The first kappa shape index (κ1) is 21.0. The molecule has 3 rings (SSSR count). The van der Waals surface area contributed by atoms with Gasteiger partial charge in [-0.3, -0.25) is 4.79 Å². The van der Waals surface area contributed by atoms with Gasteiger partial charge in [0, 0.05) is 11.6 Å². The van der Waals surface area contributed by atoms with E-state index in [4.69, 9.17) is 23.7 Å². The van der Waals surface area contributed by atoms with Crippen LogP contribution in [0, 0.1) is 0 Å². The number of hydrogen-bond acceptors (Lipinski definition) is 7. The van der Waals surface area contributed by atoms with Gasteiger partial charge in [-0.2, -0.15) is 0 Å². The second kappa shape index (κ2) is 9.69. The van der Waals surface area contributed by atoms with Crippen molar-refractivity contribution in [3.05, 3.63) is 53.6 Å². The molecule has 2 aromatic carbocycles. The van der Waals surface area contributed by atoms with Gasteiger partial charge in [-0.25, -0.2) is 4.79 Å². The van der Waals surface area contributed by atoms with Gasteiger partial charge in [-0.15, -0.1) is 0 Å². The Labute approximate surface area is 174 Å². The highest BCUT2D eigenvalue weighted by molar-refractivity contribution is 5.89. The molecule has 0 spiro atoms. The van der Waals surface area contributed by atoms with Gasteiger partial charge in [0.1, 0.15) is 11.5 Å². The zero-order chi connectivity index (χ0) is 21.5. The third-order valence-electron chi connectivity index (χ3n) is 4.46. The van der Waals surface area contributed by atoms with Crippen LogP contribution in [0.3, 0.4) is 0 Å². The van der Waals surface area contributed by atoms with Crippen LogP contribution < -0.4 is 24.3 Å². The summed E-state index contributed by atoms with van der Waals surface area (Å²) in [5, 5.41) is 2.78. The molecular weight excluding hydrogens is 390 g/mol. The molecule has 8 nitrogen and oxygen atoms in total. The molecule has 0 radical (unpaired) electrons. The molecule has 158 valence electrons. The summed E-state index contributed by atoms with van der Waals surface area (Å²) in [7, 11) is 3.08. The van der Waals surface area contributed by atoms with E-state index in [9.17, 15) is 9.59 Å². The molecule has 30 heavy (non-hydrogen) atoms. The molecule has 0 saturated heterocycles. The Hall–Kier alpha value is -3.68. The summed E-state index contributed by atoms with van der Waals surface area (Å²) >= 11 is 0. The molecule has 1 aliphatic heterocycles. The lowest BCUT2D eigenvalue weighted by Gasteiger charge is -2.14. The van der Waals surface area contributed by atoms with Crippen LogP contribution in [0.1, 0.15) is 24.1 Å². The van der Waals surface area contributed by atoms with Crippen molar-refractivity contribution in [2.24, 2.45) is 0 Å². The average molecular weight is 413 g/mol. The van der Waals surface area contributed by atoms with Crippen molar-refractivity contribution < 1.29 is 33.3 Å². The van der Waals surface area contributed by atoms with Crippen molar-refractivity contribution in [3.63, 3.8) is 0 Å². The highest BCUT2D eigenvalue weighted by Gasteiger charge is 2.17. The van der Waals surface area contributed by atoms with Gasteiger partial charge < -0.3 is 29.0 Å². The zero-order valence-corrected chi connectivity index (χ0v) is 17.0. The van der Waals surface area contributed by atoms with E-state index in [1.807, 2.05) is 19.1 Å². The lowest BCUT2D eigenvalue weighted by atomic mass is 10.1. The van der Waals surface area contributed by atoms with Crippen molar-refractivity contribution in [3.8, 4) is 23.0 Å². The predicted octanol–water partition coefficient (Wildman–Crippen LogP) is 2.87. The van der Waals surface area contributed by atoms with Crippen molar-refractivity contribution >= 4 is 18.0 Å². The first-order chi connectivity index (χ1) is 14.5. The van der Waals surface area contributed by atoms with Gasteiger partial charge in [0.25, 0.3) is 5.91 Å². The van der Waals surface area contributed by atoms with Crippen LogP contribution in [-0.2, 0) is 14.3 Å². The van der Waals surface area contributed by atoms with Gasteiger partial charge >= 0.3 is 5.97 Å². The molecule has 1 amide bonds. The number of fused-ring (bicyclic) bond motifs is 1. The standard InChI is InChI=1S/C22H23NO7/c1-14(15-4-7-19-20(11-15)30-13-29-19)23-21(24)12-28-22(25)9-5-16-10-17(26-2)6-8-18(16)27-3/h4-11,14H,12-13H2,1-3H3,(H,23,24)/b9-5+/t14-/m0/s1. The third-order valence-corrected chi connectivity index (χ3v) is 4.46. The molecule has 1 heterocycles. The Balaban J connectivity index is 1.51. The van der Waals surface area contributed by atoms with Crippen molar-refractivity contribution in [2.75, 3.05) is 27.6 Å². The summed E-state index contributed by atoms with van der Waals surface area (Å²) in [6.45, 7) is 1.62. The quantitative estimate of drug-likeness (QED) is 0.525. The molecule has 8 heteroatoms. The van der Waals surface area contributed by atoms with Crippen LogP contribution in [0.2, 0.25) is 0 Å². The Morgan fingerprint density at radius 3 is 2.67 bits per heavy atom. The topological polar surface area (TPSA) is 92.3 Å². The van der Waals surface area contributed by atoms with Crippen LogP contribution in [0.5, 0.6) is 23.0 Å². The number of amides is 1. The molecule has 0 aromatic heterocycles. The molecule has 1 aliphatic rings. The minimum absolute atomic E-state index is 0.185. The first-order valence-corrected chi connectivity index (χ1v) is 9.26. The Bertz CT molecular complexity index is 954. The van der Waals surface area contributed by atoms with Gasteiger partial charge in [0.05, 0.1) is 20.3 Å². The summed E-state index contributed by atoms with van der Waals surface area (Å²) in [5.74, 6) is 1.45. The Morgan fingerprint density at radius 1 is 1.10 bits per heavy atom. The van der Waals surface area contributed by atoms with E-state index in [1.54, 1.807) is 31.4 Å². The van der Waals surface area contributed by atoms with Crippen LogP contribution in [0.4, 0.5) is 0 Å². The third kappa shape index (κ3) is 5.22. The van der Waals surface area contributed by atoms with Gasteiger partial charge in [0.15, 0.2) is 18.1 Å². The van der Waals surface area contributed by atoms with E-state index in [0.717, 1.165) is 5.56 Å². The lowest BCUT2D eigenvalue weighted by molar-refractivity contribution is -0.144. The number of benzene rings is 2. The summed E-state index contributed by atoms with van der Waals surface area (Å²) in [6.07, 6.45) is 2.77. The van der Waals surface area contributed by atoms with Crippen molar-refractivity contribution in [1.82, 2.24) is 5.32 Å². The highest BCUT2D eigenvalue weighted by Crippen LogP contribution is 2.34. The number of hydrogen-bond donors (Lipinski definition) is 1. The largest absolute Gasteiger partial charge is 0.497 e. The first-order valence-electron chi connectivity index (χ1n) is 9.26. The molecule has 2 aromatic rings. The second-order valence-corrected chi connectivity index (χ2v) is 6.45. The normalized spacial score (nSPS) is 13.0. The van der Waals surface area contributed by atoms with E-state index in [1.165, 1.54) is 19.3 Å². The Kier molecular flexibility index (Phi) is 6.79.